The maximum Gasteiger partial charge on any atom is 0.289 e. The van der Waals surface area contributed by atoms with Crippen molar-refractivity contribution in [2.45, 2.75) is 25.8 Å². The predicted octanol–water partition coefficient (Wildman–Crippen LogP) is 4.26. The summed E-state index contributed by atoms with van der Waals surface area (Å²) in [4.78, 5) is 40.0. The van der Waals surface area contributed by atoms with E-state index in [2.05, 4.69) is 10.6 Å². The number of likely N-dealkylation sites (tertiary alicyclic amines) is 1. The number of furan rings is 1. The van der Waals surface area contributed by atoms with Crippen molar-refractivity contribution in [1.82, 2.24) is 10.2 Å². The molecule has 3 aromatic rings. The number of hydrogen-bond donors (Lipinski definition) is 2. The number of nitrogens with one attached hydrogen (secondary N) is 2. The van der Waals surface area contributed by atoms with Crippen LogP contribution in [0.2, 0.25) is 0 Å². The maximum absolute atomic E-state index is 12.9. The van der Waals surface area contributed by atoms with Crippen LogP contribution in [-0.4, -0.2) is 35.7 Å². The molecule has 0 spiro atoms. The molecule has 33 heavy (non-hydrogen) atoms. The number of carbonyl (C=O) groups is 3. The molecule has 7 heteroatoms. The molecule has 0 saturated carbocycles. The van der Waals surface area contributed by atoms with Crippen LogP contribution >= 0.6 is 0 Å². The Kier molecular flexibility index (Phi) is 6.88. The summed E-state index contributed by atoms with van der Waals surface area (Å²) < 4.78 is 5.18. The van der Waals surface area contributed by atoms with E-state index in [1.54, 1.807) is 41.3 Å². The minimum Gasteiger partial charge on any atom is -0.459 e. The molecular weight excluding hydrogens is 418 g/mol. The number of nitrogens with zero attached hydrogens (tertiary/aromatic N) is 1. The number of carbonyl (C=O) groups excluding carboxylic acids is 3. The summed E-state index contributed by atoms with van der Waals surface area (Å²) in [6.07, 6.45) is 2.58. The van der Waals surface area contributed by atoms with Crippen LogP contribution in [-0.2, 0) is 4.79 Å². The first kappa shape index (κ1) is 22.3. The monoisotopic (exact) mass is 445 g/mol. The molecule has 0 unspecified atom stereocenters. The summed E-state index contributed by atoms with van der Waals surface area (Å²) in [6.45, 7) is 2.88. The minimum absolute atomic E-state index is 0.142. The van der Waals surface area contributed by atoms with E-state index in [1.807, 2.05) is 37.3 Å². The third-order valence-electron chi connectivity index (χ3n) is 5.96. The Balaban J connectivity index is 1.36. The first-order valence-electron chi connectivity index (χ1n) is 11.1. The molecule has 0 aliphatic carbocycles. The summed E-state index contributed by atoms with van der Waals surface area (Å²) in [7, 11) is 0. The van der Waals surface area contributed by atoms with Gasteiger partial charge in [0, 0.05) is 19.0 Å². The van der Waals surface area contributed by atoms with Crippen LogP contribution < -0.4 is 10.6 Å². The molecule has 4 rings (SSSR count). The molecule has 0 radical (unpaired) electrons. The van der Waals surface area contributed by atoms with Crippen molar-refractivity contribution in [3.8, 4) is 0 Å². The van der Waals surface area contributed by atoms with E-state index in [-0.39, 0.29) is 29.7 Å². The van der Waals surface area contributed by atoms with Gasteiger partial charge >= 0.3 is 0 Å². The van der Waals surface area contributed by atoms with Gasteiger partial charge in [0.1, 0.15) is 0 Å². The first-order chi connectivity index (χ1) is 16.0. The lowest BCUT2D eigenvalue weighted by Crippen LogP contribution is -2.41. The zero-order valence-corrected chi connectivity index (χ0v) is 18.5. The van der Waals surface area contributed by atoms with E-state index in [0.717, 1.165) is 5.56 Å². The summed E-state index contributed by atoms with van der Waals surface area (Å²) in [6, 6.07) is 19.9. The van der Waals surface area contributed by atoms with Crippen molar-refractivity contribution >= 4 is 23.4 Å². The highest BCUT2D eigenvalue weighted by molar-refractivity contribution is 6.04. The van der Waals surface area contributed by atoms with Gasteiger partial charge in [0.2, 0.25) is 5.91 Å². The van der Waals surface area contributed by atoms with Crippen LogP contribution in [0.3, 0.4) is 0 Å². The van der Waals surface area contributed by atoms with Crippen molar-refractivity contribution < 1.29 is 18.8 Å². The standard InChI is InChI=1S/C26H27N3O4/c1-18(19-8-3-2-4-9-19)27-25(31)21-10-5-6-11-22(21)28-24(30)20-13-15-29(16-14-20)26(32)23-12-7-17-33-23/h2-12,17-18,20H,13-16H2,1H3,(H,27,31)(H,28,30)/t18-/m1/s1. The quantitative estimate of drug-likeness (QED) is 0.593. The Morgan fingerprint density at radius 3 is 2.33 bits per heavy atom. The van der Waals surface area contributed by atoms with E-state index >= 15 is 0 Å². The average molecular weight is 446 g/mol. The van der Waals surface area contributed by atoms with Crippen molar-refractivity contribution in [3.63, 3.8) is 0 Å². The van der Waals surface area contributed by atoms with Crippen LogP contribution in [0, 0.1) is 5.92 Å². The van der Waals surface area contributed by atoms with Crippen LogP contribution in [0.15, 0.2) is 77.4 Å². The summed E-state index contributed by atoms with van der Waals surface area (Å²) in [5, 5.41) is 5.92. The maximum atomic E-state index is 12.9. The predicted molar refractivity (Wildman–Crippen MR) is 125 cm³/mol. The van der Waals surface area contributed by atoms with Crippen LogP contribution in [0.25, 0.3) is 0 Å². The highest BCUT2D eigenvalue weighted by Crippen LogP contribution is 2.23. The molecule has 1 aliphatic heterocycles. The van der Waals surface area contributed by atoms with Crippen LogP contribution in [0.1, 0.15) is 52.3 Å². The number of rotatable bonds is 6. The van der Waals surface area contributed by atoms with Gasteiger partial charge in [-0.1, -0.05) is 42.5 Å². The Morgan fingerprint density at radius 1 is 0.939 bits per heavy atom. The van der Waals surface area contributed by atoms with Gasteiger partial charge < -0.3 is 20.0 Å². The van der Waals surface area contributed by atoms with Gasteiger partial charge in [0.15, 0.2) is 5.76 Å². The minimum atomic E-state index is -0.249. The summed E-state index contributed by atoms with van der Waals surface area (Å²) in [5.74, 6) is -0.474. The van der Waals surface area contributed by atoms with E-state index in [4.69, 9.17) is 4.42 Å². The van der Waals surface area contributed by atoms with Gasteiger partial charge in [-0.3, -0.25) is 14.4 Å². The van der Waals surface area contributed by atoms with E-state index in [0.29, 0.717) is 42.9 Å². The zero-order chi connectivity index (χ0) is 23.2. The fourth-order valence-electron chi connectivity index (χ4n) is 4.03. The number of para-hydroxylation sites is 1. The van der Waals surface area contributed by atoms with Gasteiger partial charge in [-0.05, 0) is 49.6 Å². The van der Waals surface area contributed by atoms with Crippen LogP contribution in [0.5, 0.6) is 0 Å². The van der Waals surface area contributed by atoms with E-state index in [9.17, 15) is 14.4 Å². The van der Waals surface area contributed by atoms with E-state index in [1.165, 1.54) is 6.26 Å². The molecule has 0 bridgehead atoms. The highest BCUT2D eigenvalue weighted by atomic mass is 16.3. The lowest BCUT2D eigenvalue weighted by Gasteiger charge is -2.30. The molecule has 1 aromatic heterocycles. The number of amides is 3. The van der Waals surface area contributed by atoms with Gasteiger partial charge in [0.05, 0.1) is 23.6 Å². The molecule has 1 fully saturated rings. The molecule has 2 N–H and O–H groups in total. The fraction of sp³-hybridized carbons (Fsp3) is 0.269. The number of hydrogen-bond acceptors (Lipinski definition) is 4. The molecule has 1 saturated heterocycles. The summed E-state index contributed by atoms with van der Waals surface area (Å²) >= 11 is 0. The SMILES string of the molecule is C[C@@H](NC(=O)c1ccccc1NC(=O)C1CCN(C(=O)c2ccco2)CC1)c1ccccc1. The molecule has 1 aliphatic rings. The van der Waals surface area contributed by atoms with Gasteiger partial charge in [0.25, 0.3) is 11.8 Å². The Bertz CT molecular complexity index is 1100. The third-order valence-corrected chi connectivity index (χ3v) is 5.96. The van der Waals surface area contributed by atoms with Crippen molar-refractivity contribution in [3.05, 3.63) is 89.9 Å². The second kappa shape index (κ2) is 10.2. The second-order valence-corrected chi connectivity index (χ2v) is 8.18. The molecule has 170 valence electrons. The molecule has 2 aromatic carbocycles. The Hall–Kier alpha value is -3.87. The third kappa shape index (κ3) is 5.31. The Morgan fingerprint density at radius 2 is 1.64 bits per heavy atom. The lowest BCUT2D eigenvalue weighted by molar-refractivity contribution is -0.121. The number of benzene rings is 2. The molecular formula is C26H27N3O4. The highest BCUT2D eigenvalue weighted by Gasteiger charge is 2.29. The smallest absolute Gasteiger partial charge is 0.289 e. The molecule has 2 heterocycles. The van der Waals surface area contributed by atoms with Crippen molar-refractivity contribution in [2.24, 2.45) is 5.92 Å². The van der Waals surface area contributed by atoms with Gasteiger partial charge in [-0.15, -0.1) is 0 Å². The number of anilines is 1. The largest absolute Gasteiger partial charge is 0.459 e. The van der Waals surface area contributed by atoms with Crippen molar-refractivity contribution in [1.29, 1.82) is 0 Å². The topological polar surface area (TPSA) is 91.7 Å². The zero-order valence-electron chi connectivity index (χ0n) is 18.5. The van der Waals surface area contributed by atoms with Crippen molar-refractivity contribution in [2.75, 3.05) is 18.4 Å². The van der Waals surface area contributed by atoms with Gasteiger partial charge in [-0.25, -0.2) is 0 Å². The fourth-order valence-corrected chi connectivity index (χ4v) is 4.03. The molecule has 1 atom stereocenters. The molecule has 3 amide bonds. The average Bonchev–Trinajstić information content (AvgIpc) is 3.39. The second-order valence-electron chi connectivity index (χ2n) is 8.18. The summed E-state index contributed by atoms with van der Waals surface area (Å²) in [5.41, 5.74) is 1.90. The number of piperidine rings is 1. The normalized spacial score (nSPS) is 15.0. The Labute approximate surface area is 192 Å². The lowest BCUT2D eigenvalue weighted by atomic mass is 9.95. The van der Waals surface area contributed by atoms with Crippen LogP contribution in [0.4, 0.5) is 5.69 Å². The first-order valence-corrected chi connectivity index (χ1v) is 11.1. The van der Waals surface area contributed by atoms with E-state index < -0.39 is 0 Å². The van der Waals surface area contributed by atoms with Gasteiger partial charge in [-0.2, -0.15) is 0 Å². The molecule has 7 nitrogen and oxygen atoms in total.